The monoisotopic (exact) mass is 243 g/mol. The van der Waals surface area contributed by atoms with Gasteiger partial charge in [-0.2, -0.15) is 0 Å². The molecular formula is C14H17N3O. The zero-order valence-electron chi connectivity index (χ0n) is 10.5. The standard InChI is InChI=1S/C14H17N3O/c1-10-6-7-17(9-13(10)18)14-8-15-11-4-2-3-5-12(11)16-14/h2-5,8,10,13,18H,6-7,9H2,1H3. The Labute approximate surface area is 106 Å². The number of β-amino-alcohol motifs (C(OH)–C–C–N with tert-alkyl or cyclic N) is 1. The molecule has 2 aromatic rings. The van der Waals surface area contributed by atoms with Crippen LogP contribution < -0.4 is 4.90 Å². The summed E-state index contributed by atoms with van der Waals surface area (Å²) in [5.74, 6) is 1.23. The molecule has 0 bridgehead atoms. The summed E-state index contributed by atoms with van der Waals surface area (Å²) in [5, 5.41) is 9.93. The van der Waals surface area contributed by atoms with Gasteiger partial charge >= 0.3 is 0 Å². The predicted octanol–water partition coefficient (Wildman–Crippen LogP) is 1.84. The second kappa shape index (κ2) is 4.53. The Balaban J connectivity index is 1.90. The number of para-hydroxylation sites is 2. The molecule has 94 valence electrons. The molecule has 0 aliphatic carbocycles. The van der Waals surface area contributed by atoms with E-state index in [4.69, 9.17) is 0 Å². The van der Waals surface area contributed by atoms with Gasteiger partial charge in [-0.1, -0.05) is 19.1 Å². The van der Waals surface area contributed by atoms with Gasteiger partial charge in [0.25, 0.3) is 0 Å². The summed E-state index contributed by atoms with van der Waals surface area (Å²) in [4.78, 5) is 11.1. The topological polar surface area (TPSA) is 49.2 Å². The smallest absolute Gasteiger partial charge is 0.147 e. The van der Waals surface area contributed by atoms with Gasteiger partial charge in [0.2, 0.25) is 0 Å². The van der Waals surface area contributed by atoms with Gasteiger partial charge in [-0.15, -0.1) is 0 Å². The van der Waals surface area contributed by atoms with Gasteiger partial charge in [0.05, 0.1) is 23.3 Å². The van der Waals surface area contributed by atoms with Crippen molar-refractivity contribution < 1.29 is 5.11 Å². The Morgan fingerprint density at radius 2 is 2.06 bits per heavy atom. The quantitative estimate of drug-likeness (QED) is 0.830. The van der Waals surface area contributed by atoms with Crippen molar-refractivity contribution in [3.63, 3.8) is 0 Å². The zero-order valence-corrected chi connectivity index (χ0v) is 10.5. The highest BCUT2D eigenvalue weighted by Crippen LogP contribution is 2.22. The lowest BCUT2D eigenvalue weighted by Crippen LogP contribution is -2.43. The number of aliphatic hydroxyl groups excluding tert-OH is 1. The molecule has 2 unspecified atom stereocenters. The fourth-order valence-electron chi connectivity index (χ4n) is 2.36. The molecule has 1 fully saturated rings. The van der Waals surface area contributed by atoms with Gasteiger partial charge in [0.1, 0.15) is 5.82 Å². The maximum atomic E-state index is 9.93. The minimum absolute atomic E-state index is 0.271. The van der Waals surface area contributed by atoms with Crippen molar-refractivity contribution in [3.8, 4) is 0 Å². The van der Waals surface area contributed by atoms with Crippen LogP contribution in [0.3, 0.4) is 0 Å². The lowest BCUT2D eigenvalue weighted by Gasteiger charge is -2.34. The molecule has 2 atom stereocenters. The molecule has 1 N–H and O–H groups in total. The van der Waals surface area contributed by atoms with Crippen LogP contribution in [0.15, 0.2) is 30.5 Å². The number of hydrogen-bond donors (Lipinski definition) is 1. The minimum Gasteiger partial charge on any atom is -0.391 e. The predicted molar refractivity (Wildman–Crippen MR) is 71.5 cm³/mol. The number of rotatable bonds is 1. The fourth-order valence-corrected chi connectivity index (χ4v) is 2.36. The number of aliphatic hydroxyl groups is 1. The summed E-state index contributed by atoms with van der Waals surface area (Å²) in [6, 6.07) is 7.85. The highest BCUT2D eigenvalue weighted by Gasteiger charge is 2.25. The van der Waals surface area contributed by atoms with E-state index in [2.05, 4.69) is 21.8 Å². The highest BCUT2D eigenvalue weighted by atomic mass is 16.3. The van der Waals surface area contributed by atoms with Crippen LogP contribution in [0.1, 0.15) is 13.3 Å². The van der Waals surface area contributed by atoms with E-state index < -0.39 is 0 Å². The van der Waals surface area contributed by atoms with E-state index in [-0.39, 0.29) is 6.10 Å². The number of piperidine rings is 1. The van der Waals surface area contributed by atoms with Gasteiger partial charge in [0, 0.05) is 13.1 Å². The third-order valence-electron chi connectivity index (χ3n) is 3.68. The largest absolute Gasteiger partial charge is 0.391 e. The summed E-state index contributed by atoms with van der Waals surface area (Å²) in [7, 11) is 0. The van der Waals surface area contributed by atoms with Crippen LogP contribution in [0.5, 0.6) is 0 Å². The number of fused-ring (bicyclic) bond motifs is 1. The summed E-state index contributed by atoms with van der Waals surface area (Å²) in [6.07, 6.45) is 2.52. The van der Waals surface area contributed by atoms with Crippen molar-refractivity contribution in [3.05, 3.63) is 30.5 Å². The molecule has 2 heterocycles. The molecule has 18 heavy (non-hydrogen) atoms. The first kappa shape index (κ1) is 11.4. The van der Waals surface area contributed by atoms with Crippen LogP contribution in [-0.4, -0.2) is 34.3 Å². The van der Waals surface area contributed by atoms with E-state index in [0.29, 0.717) is 12.5 Å². The molecule has 1 aromatic heterocycles. The van der Waals surface area contributed by atoms with Gasteiger partial charge in [-0.3, -0.25) is 4.98 Å². The van der Waals surface area contributed by atoms with E-state index in [0.717, 1.165) is 29.8 Å². The fraction of sp³-hybridized carbons (Fsp3) is 0.429. The van der Waals surface area contributed by atoms with E-state index in [1.807, 2.05) is 24.3 Å². The van der Waals surface area contributed by atoms with Crippen molar-refractivity contribution in [2.24, 2.45) is 5.92 Å². The Hall–Kier alpha value is -1.68. The molecule has 3 rings (SSSR count). The highest BCUT2D eigenvalue weighted by molar-refractivity contribution is 5.75. The van der Waals surface area contributed by atoms with E-state index in [9.17, 15) is 5.11 Å². The van der Waals surface area contributed by atoms with E-state index in [1.165, 1.54) is 0 Å². The summed E-state index contributed by atoms with van der Waals surface area (Å²) in [5.41, 5.74) is 1.82. The second-order valence-corrected chi connectivity index (χ2v) is 5.00. The lowest BCUT2D eigenvalue weighted by molar-refractivity contribution is 0.102. The van der Waals surface area contributed by atoms with Crippen molar-refractivity contribution in [1.29, 1.82) is 0 Å². The number of benzene rings is 1. The average molecular weight is 243 g/mol. The Kier molecular flexibility index (Phi) is 2.88. The minimum atomic E-state index is -0.271. The zero-order chi connectivity index (χ0) is 12.5. The van der Waals surface area contributed by atoms with Crippen molar-refractivity contribution in [2.75, 3.05) is 18.0 Å². The van der Waals surface area contributed by atoms with Crippen LogP contribution in [0.25, 0.3) is 11.0 Å². The Bertz CT molecular complexity index is 557. The molecule has 1 saturated heterocycles. The first-order valence-electron chi connectivity index (χ1n) is 6.39. The molecular weight excluding hydrogens is 226 g/mol. The van der Waals surface area contributed by atoms with Gasteiger partial charge < -0.3 is 10.0 Å². The van der Waals surface area contributed by atoms with Crippen molar-refractivity contribution in [1.82, 2.24) is 9.97 Å². The van der Waals surface area contributed by atoms with Crippen LogP contribution in [-0.2, 0) is 0 Å². The Morgan fingerprint density at radius 3 is 2.83 bits per heavy atom. The molecule has 1 aliphatic rings. The molecule has 0 saturated carbocycles. The molecule has 1 aliphatic heterocycles. The van der Waals surface area contributed by atoms with E-state index >= 15 is 0 Å². The number of anilines is 1. The van der Waals surface area contributed by atoms with Crippen molar-refractivity contribution in [2.45, 2.75) is 19.4 Å². The summed E-state index contributed by atoms with van der Waals surface area (Å²) in [6.45, 7) is 3.67. The lowest BCUT2D eigenvalue weighted by atomic mass is 9.96. The third-order valence-corrected chi connectivity index (χ3v) is 3.68. The molecule has 0 amide bonds. The summed E-state index contributed by atoms with van der Waals surface area (Å²) >= 11 is 0. The molecule has 0 radical (unpaired) electrons. The van der Waals surface area contributed by atoms with Gasteiger partial charge in [0.15, 0.2) is 0 Å². The van der Waals surface area contributed by atoms with Gasteiger partial charge in [-0.05, 0) is 24.5 Å². The van der Waals surface area contributed by atoms with Gasteiger partial charge in [-0.25, -0.2) is 4.98 Å². The maximum absolute atomic E-state index is 9.93. The number of hydrogen-bond acceptors (Lipinski definition) is 4. The number of nitrogens with zero attached hydrogens (tertiary/aromatic N) is 3. The molecule has 1 aromatic carbocycles. The molecule has 4 heteroatoms. The van der Waals surface area contributed by atoms with Crippen LogP contribution in [0.4, 0.5) is 5.82 Å². The normalized spacial score (nSPS) is 24.4. The summed E-state index contributed by atoms with van der Waals surface area (Å²) < 4.78 is 0. The van der Waals surface area contributed by atoms with Crippen LogP contribution in [0, 0.1) is 5.92 Å². The SMILES string of the molecule is CC1CCN(c2cnc3ccccc3n2)CC1O. The maximum Gasteiger partial charge on any atom is 0.147 e. The number of aromatic nitrogens is 2. The van der Waals surface area contributed by atoms with Crippen LogP contribution >= 0.6 is 0 Å². The first-order valence-corrected chi connectivity index (χ1v) is 6.39. The first-order chi connectivity index (χ1) is 8.74. The third kappa shape index (κ3) is 2.04. The molecule has 4 nitrogen and oxygen atoms in total. The second-order valence-electron chi connectivity index (χ2n) is 5.00. The molecule has 0 spiro atoms. The van der Waals surface area contributed by atoms with E-state index in [1.54, 1.807) is 6.20 Å². The Morgan fingerprint density at radius 1 is 1.28 bits per heavy atom. The van der Waals surface area contributed by atoms with Crippen molar-refractivity contribution >= 4 is 16.9 Å². The van der Waals surface area contributed by atoms with Crippen LogP contribution in [0.2, 0.25) is 0 Å². The average Bonchev–Trinajstić information content (AvgIpc) is 2.41.